The highest BCUT2D eigenvalue weighted by Crippen LogP contribution is 2.33. The minimum Gasteiger partial charge on any atom is -0.457 e. The summed E-state index contributed by atoms with van der Waals surface area (Å²) < 4.78 is 5.58. The van der Waals surface area contributed by atoms with Gasteiger partial charge in [0.25, 0.3) is 11.6 Å². The number of carbonyl (C=O) groups is 1. The maximum absolute atomic E-state index is 12.1. The van der Waals surface area contributed by atoms with Gasteiger partial charge in [0, 0.05) is 29.8 Å². The second kappa shape index (κ2) is 8.32. The Morgan fingerprint density at radius 3 is 2.81 bits per heavy atom. The van der Waals surface area contributed by atoms with Crippen LogP contribution in [-0.2, 0) is 4.79 Å². The van der Waals surface area contributed by atoms with Crippen molar-refractivity contribution in [3.63, 3.8) is 0 Å². The number of nitriles is 1. The number of hydrogen-bond acceptors (Lipinski definition) is 5. The highest BCUT2D eigenvalue weighted by Gasteiger charge is 2.16. The number of nitrogens with one attached hydrogen (secondary N) is 1. The van der Waals surface area contributed by atoms with Gasteiger partial charge < -0.3 is 9.73 Å². The van der Waals surface area contributed by atoms with E-state index in [4.69, 9.17) is 16.0 Å². The molecule has 7 nitrogen and oxygen atoms in total. The first-order valence-corrected chi connectivity index (χ1v) is 8.20. The van der Waals surface area contributed by atoms with Gasteiger partial charge in [-0.05, 0) is 31.5 Å². The number of nitro benzene ring substituents is 1. The number of nitrogens with zero attached hydrogens (tertiary/aromatic N) is 2. The molecule has 0 aliphatic carbocycles. The largest absolute Gasteiger partial charge is 0.457 e. The summed E-state index contributed by atoms with van der Waals surface area (Å²) in [5, 5.41) is 23.1. The van der Waals surface area contributed by atoms with E-state index in [1.165, 1.54) is 24.3 Å². The molecule has 26 heavy (non-hydrogen) atoms. The molecule has 0 unspecified atom stereocenters. The quantitative estimate of drug-likeness (QED) is 0.350. The molecule has 0 bridgehead atoms. The number of rotatable bonds is 6. The van der Waals surface area contributed by atoms with E-state index in [1.807, 2.05) is 19.9 Å². The molecule has 0 fully saturated rings. The Balaban J connectivity index is 2.32. The number of non-ortho nitro benzene ring substituents is 1. The topological polar surface area (TPSA) is 109 Å². The summed E-state index contributed by atoms with van der Waals surface area (Å²) in [5.74, 6) is 0.0659. The predicted octanol–water partition coefficient (Wildman–Crippen LogP) is 4.33. The first-order valence-electron chi connectivity index (χ1n) is 7.82. The molecule has 1 amide bonds. The summed E-state index contributed by atoms with van der Waals surface area (Å²) in [6, 6.07) is 8.90. The van der Waals surface area contributed by atoms with Gasteiger partial charge in [-0.15, -0.1) is 0 Å². The molecule has 0 spiro atoms. The lowest BCUT2D eigenvalue weighted by Crippen LogP contribution is -2.32. The smallest absolute Gasteiger partial charge is 0.270 e. The van der Waals surface area contributed by atoms with Crippen molar-refractivity contribution in [1.29, 1.82) is 5.26 Å². The van der Waals surface area contributed by atoms with Crippen molar-refractivity contribution in [3.8, 4) is 17.4 Å². The van der Waals surface area contributed by atoms with E-state index in [-0.39, 0.29) is 28.1 Å². The van der Waals surface area contributed by atoms with Crippen molar-refractivity contribution >= 4 is 29.3 Å². The first kappa shape index (κ1) is 19.2. The Kier molecular flexibility index (Phi) is 6.15. The molecular weight excluding hydrogens is 358 g/mol. The van der Waals surface area contributed by atoms with Crippen LogP contribution in [0.1, 0.15) is 26.0 Å². The summed E-state index contributed by atoms with van der Waals surface area (Å²) in [7, 11) is 0. The third-order valence-electron chi connectivity index (χ3n) is 3.69. The zero-order chi connectivity index (χ0) is 19.3. The normalized spacial score (nSPS) is 12.3. The summed E-state index contributed by atoms with van der Waals surface area (Å²) in [6.45, 7) is 3.75. The third kappa shape index (κ3) is 4.49. The zero-order valence-corrected chi connectivity index (χ0v) is 14.9. The van der Waals surface area contributed by atoms with Gasteiger partial charge >= 0.3 is 0 Å². The van der Waals surface area contributed by atoms with Gasteiger partial charge in [-0.1, -0.05) is 18.5 Å². The number of hydrogen-bond donors (Lipinski definition) is 1. The number of nitro groups is 1. The van der Waals surface area contributed by atoms with E-state index < -0.39 is 10.8 Å². The van der Waals surface area contributed by atoms with Crippen LogP contribution in [0.4, 0.5) is 5.69 Å². The fourth-order valence-electron chi connectivity index (χ4n) is 2.09. The fourth-order valence-corrected chi connectivity index (χ4v) is 2.30. The Bertz CT molecular complexity index is 911. The van der Waals surface area contributed by atoms with E-state index >= 15 is 0 Å². The minimum atomic E-state index is -0.531. The third-order valence-corrected chi connectivity index (χ3v) is 4.02. The van der Waals surface area contributed by atoms with E-state index in [2.05, 4.69) is 5.32 Å². The van der Waals surface area contributed by atoms with Gasteiger partial charge in [-0.2, -0.15) is 5.26 Å². The van der Waals surface area contributed by atoms with Crippen LogP contribution in [0.3, 0.4) is 0 Å². The summed E-state index contributed by atoms with van der Waals surface area (Å²) in [4.78, 5) is 22.4. The Morgan fingerprint density at radius 1 is 1.46 bits per heavy atom. The van der Waals surface area contributed by atoms with E-state index in [9.17, 15) is 20.2 Å². The van der Waals surface area contributed by atoms with Crippen molar-refractivity contribution in [2.45, 2.75) is 26.3 Å². The lowest BCUT2D eigenvalue weighted by atomic mass is 10.1. The van der Waals surface area contributed by atoms with Crippen LogP contribution in [0.5, 0.6) is 0 Å². The molecule has 2 rings (SSSR count). The molecule has 1 aromatic carbocycles. The molecule has 1 N–H and O–H groups in total. The molecule has 2 aromatic rings. The SMILES string of the molecule is CC[C@@H](C)NC(=O)/C(C#N)=C/c1ccc(-c2cc([N+](=O)[O-])ccc2Cl)o1. The second-order valence-electron chi connectivity index (χ2n) is 5.58. The van der Waals surface area contributed by atoms with Crippen LogP contribution in [0, 0.1) is 21.4 Å². The highest BCUT2D eigenvalue weighted by atomic mass is 35.5. The highest BCUT2D eigenvalue weighted by molar-refractivity contribution is 6.33. The van der Waals surface area contributed by atoms with Gasteiger partial charge in [-0.25, -0.2) is 0 Å². The standard InChI is InChI=1S/C18H16ClN3O4/c1-3-11(2)21-18(23)12(10-20)8-14-5-7-17(26-14)15-9-13(22(24)25)4-6-16(15)19/h4-9,11H,3H2,1-2H3,(H,21,23)/b12-8+/t11-/m1/s1. The summed E-state index contributed by atoms with van der Waals surface area (Å²) in [5.41, 5.74) is 0.128. The van der Waals surface area contributed by atoms with E-state index in [0.29, 0.717) is 11.3 Å². The van der Waals surface area contributed by atoms with Crippen molar-refractivity contribution in [2.24, 2.45) is 0 Å². The monoisotopic (exact) mass is 373 g/mol. The molecule has 0 aliphatic rings. The predicted molar refractivity (Wildman–Crippen MR) is 97.3 cm³/mol. The summed E-state index contributed by atoms with van der Waals surface area (Å²) >= 11 is 6.09. The molecule has 1 aromatic heterocycles. The van der Waals surface area contributed by atoms with Gasteiger partial charge in [0.1, 0.15) is 23.2 Å². The zero-order valence-electron chi connectivity index (χ0n) is 14.2. The number of benzene rings is 1. The number of carbonyl (C=O) groups excluding carboxylic acids is 1. The molecule has 0 aliphatic heterocycles. The maximum atomic E-state index is 12.1. The van der Waals surface area contributed by atoms with E-state index in [0.717, 1.165) is 6.42 Å². The van der Waals surface area contributed by atoms with Gasteiger partial charge in [0.05, 0.1) is 9.95 Å². The van der Waals surface area contributed by atoms with Crippen LogP contribution in [0.15, 0.2) is 40.3 Å². The van der Waals surface area contributed by atoms with Gasteiger partial charge in [-0.3, -0.25) is 14.9 Å². The molecule has 8 heteroatoms. The van der Waals surface area contributed by atoms with Crippen LogP contribution >= 0.6 is 11.6 Å². The molecule has 1 heterocycles. The molecule has 1 atom stereocenters. The molecule has 0 saturated carbocycles. The number of furan rings is 1. The van der Waals surface area contributed by atoms with Crippen LogP contribution in [0.25, 0.3) is 17.4 Å². The first-order chi connectivity index (χ1) is 12.3. The number of halogens is 1. The number of amides is 1. The maximum Gasteiger partial charge on any atom is 0.270 e. The Hall–Kier alpha value is -3.11. The minimum absolute atomic E-state index is 0.0601. The lowest BCUT2D eigenvalue weighted by molar-refractivity contribution is -0.384. The van der Waals surface area contributed by atoms with Crippen molar-refractivity contribution in [1.82, 2.24) is 5.32 Å². The van der Waals surface area contributed by atoms with Crippen LogP contribution in [0.2, 0.25) is 5.02 Å². The molecular formula is C18H16ClN3O4. The second-order valence-corrected chi connectivity index (χ2v) is 5.98. The summed E-state index contributed by atoms with van der Waals surface area (Å²) in [6.07, 6.45) is 2.05. The molecule has 0 saturated heterocycles. The van der Waals surface area contributed by atoms with Crippen molar-refractivity contribution < 1.29 is 14.1 Å². The van der Waals surface area contributed by atoms with Crippen molar-refractivity contribution in [3.05, 3.63) is 56.8 Å². The molecule has 0 radical (unpaired) electrons. The van der Waals surface area contributed by atoms with Gasteiger partial charge in [0.2, 0.25) is 0 Å². The molecule has 134 valence electrons. The Labute approximate surface area is 155 Å². The van der Waals surface area contributed by atoms with Gasteiger partial charge in [0.15, 0.2) is 0 Å². The lowest BCUT2D eigenvalue weighted by Gasteiger charge is -2.09. The van der Waals surface area contributed by atoms with Crippen LogP contribution < -0.4 is 5.32 Å². The average Bonchev–Trinajstić information content (AvgIpc) is 3.07. The van der Waals surface area contributed by atoms with E-state index in [1.54, 1.807) is 12.1 Å². The Morgan fingerprint density at radius 2 is 2.19 bits per heavy atom. The van der Waals surface area contributed by atoms with Crippen molar-refractivity contribution in [2.75, 3.05) is 0 Å². The fraction of sp³-hybridized carbons (Fsp3) is 0.222. The van der Waals surface area contributed by atoms with Crippen LogP contribution in [-0.4, -0.2) is 16.9 Å². The average molecular weight is 374 g/mol.